The molecular formula is C19H24N4O2. The van der Waals surface area contributed by atoms with E-state index in [1.54, 1.807) is 11.9 Å². The second-order valence-corrected chi connectivity index (χ2v) is 6.68. The molecule has 1 aromatic heterocycles. The van der Waals surface area contributed by atoms with E-state index in [1.165, 1.54) is 5.56 Å². The van der Waals surface area contributed by atoms with Crippen LogP contribution < -0.4 is 15.0 Å². The average molecular weight is 340 g/mol. The molecule has 2 aromatic rings. The number of aromatic nitrogens is 2. The first kappa shape index (κ1) is 16.0. The molecule has 132 valence electrons. The van der Waals surface area contributed by atoms with Crippen LogP contribution in [0.15, 0.2) is 30.7 Å². The third-order valence-corrected chi connectivity index (χ3v) is 5.40. The van der Waals surface area contributed by atoms with Crippen molar-refractivity contribution in [3.05, 3.63) is 42.0 Å². The smallest absolute Gasteiger partial charge is 0.321 e. The zero-order valence-corrected chi connectivity index (χ0v) is 14.9. The number of carbonyl (C=O) groups is 1. The molecule has 1 aliphatic carbocycles. The lowest BCUT2D eigenvalue weighted by atomic mass is 10.0. The van der Waals surface area contributed by atoms with Crippen molar-refractivity contribution in [1.82, 2.24) is 14.9 Å². The fraction of sp³-hybridized carbons (Fsp3) is 0.474. The molecule has 1 N–H and O–H groups in total. The SMILES string of the molecule is CCN(C(=O)NC)c1ccc2c(c1)C1C(CO2)C1c1cn(CC)cn1. The zero-order chi connectivity index (χ0) is 17.6. The maximum Gasteiger partial charge on any atom is 0.321 e. The van der Waals surface area contributed by atoms with Gasteiger partial charge in [-0.3, -0.25) is 4.90 Å². The molecule has 6 nitrogen and oxygen atoms in total. The zero-order valence-electron chi connectivity index (χ0n) is 14.9. The van der Waals surface area contributed by atoms with E-state index in [2.05, 4.69) is 34.1 Å². The van der Waals surface area contributed by atoms with Crippen LogP contribution in [0.25, 0.3) is 0 Å². The summed E-state index contributed by atoms with van der Waals surface area (Å²) in [6.07, 6.45) is 4.05. The van der Waals surface area contributed by atoms with Crippen LogP contribution in [0, 0.1) is 5.92 Å². The van der Waals surface area contributed by atoms with Gasteiger partial charge in [0.05, 0.1) is 18.6 Å². The summed E-state index contributed by atoms with van der Waals surface area (Å²) >= 11 is 0. The number of hydrogen-bond donors (Lipinski definition) is 1. The van der Waals surface area contributed by atoms with Gasteiger partial charge in [0.25, 0.3) is 0 Å². The quantitative estimate of drug-likeness (QED) is 0.931. The van der Waals surface area contributed by atoms with Gasteiger partial charge < -0.3 is 14.6 Å². The van der Waals surface area contributed by atoms with Crippen molar-refractivity contribution in [1.29, 1.82) is 0 Å². The molecule has 2 aliphatic rings. The lowest BCUT2D eigenvalue weighted by Gasteiger charge is -2.23. The minimum atomic E-state index is -0.0928. The summed E-state index contributed by atoms with van der Waals surface area (Å²) < 4.78 is 8.08. The van der Waals surface area contributed by atoms with Crippen LogP contribution in [-0.2, 0) is 6.54 Å². The van der Waals surface area contributed by atoms with Crippen LogP contribution in [-0.4, -0.2) is 35.8 Å². The molecule has 1 saturated carbocycles. The van der Waals surface area contributed by atoms with E-state index in [9.17, 15) is 4.79 Å². The molecule has 2 heterocycles. The van der Waals surface area contributed by atoms with Gasteiger partial charge in [-0.2, -0.15) is 0 Å². The average Bonchev–Trinajstić information content (AvgIpc) is 3.20. The summed E-state index contributed by atoms with van der Waals surface area (Å²) in [7, 11) is 1.66. The molecule has 6 heteroatoms. The number of imidazole rings is 1. The summed E-state index contributed by atoms with van der Waals surface area (Å²) in [6.45, 7) is 6.40. The number of carbonyl (C=O) groups excluding carboxylic acids is 1. The van der Waals surface area contributed by atoms with Crippen molar-refractivity contribution in [2.24, 2.45) is 5.92 Å². The Morgan fingerprint density at radius 1 is 1.40 bits per heavy atom. The number of hydrogen-bond acceptors (Lipinski definition) is 3. The molecule has 0 bridgehead atoms. The predicted molar refractivity (Wildman–Crippen MR) is 96.3 cm³/mol. The van der Waals surface area contributed by atoms with Crippen LogP contribution >= 0.6 is 0 Å². The van der Waals surface area contributed by atoms with Gasteiger partial charge in [-0.05, 0) is 32.0 Å². The first-order valence-corrected chi connectivity index (χ1v) is 8.95. The minimum absolute atomic E-state index is 0.0928. The third-order valence-electron chi connectivity index (χ3n) is 5.40. The number of nitrogens with one attached hydrogen (secondary N) is 1. The third kappa shape index (κ3) is 2.56. The highest BCUT2D eigenvalue weighted by Gasteiger charge is 2.56. The highest BCUT2D eigenvalue weighted by molar-refractivity contribution is 5.92. The number of ether oxygens (including phenoxy) is 1. The van der Waals surface area contributed by atoms with Gasteiger partial charge in [0.2, 0.25) is 0 Å². The minimum Gasteiger partial charge on any atom is -0.493 e. The van der Waals surface area contributed by atoms with E-state index in [1.807, 2.05) is 25.4 Å². The van der Waals surface area contributed by atoms with Crippen molar-refractivity contribution < 1.29 is 9.53 Å². The number of benzene rings is 1. The normalized spacial score (nSPS) is 23.2. The van der Waals surface area contributed by atoms with Gasteiger partial charge in [-0.25, -0.2) is 9.78 Å². The van der Waals surface area contributed by atoms with Gasteiger partial charge in [0, 0.05) is 55.3 Å². The first-order chi connectivity index (χ1) is 12.2. The van der Waals surface area contributed by atoms with E-state index in [0.29, 0.717) is 24.3 Å². The highest BCUT2D eigenvalue weighted by atomic mass is 16.5. The Morgan fingerprint density at radius 2 is 2.24 bits per heavy atom. The Morgan fingerprint density at radius 3 is 2.92 bits per heavy atom. The molecule has 25 heavy (non-hydrogen) atoms. The molecule has 0 radical (unpaired) electrons. The number of fused-ring (bicyclic) bond motifs is 3. The molecule has 1 aromatic carbocycles. The van der Waals surface area contributed by atoms with E-state index in [0.717, 1.165) is 30.3 Å². The highest BCUT2D eigenvalue weighted by Crippen LogP contribution is 2.64. The number of anilines is 1. The van der Waals surface area contributed by atoms with Crippen molar-refractivity contribution in [2.45, 2.75) is 32.2 Å². The lowest BCUT2D eigenvalue weighted by Crippen LogP contribution is -2.38. The summed E-state index contributed by atoms with van der Waals surface area (Å²) in [5, 5.41) is 2.70. The van der Waals surface area contributed by atoms with Gasteiger partial charge >= 0.3 is 6.03 Å². The molecule has 0 saturated heterocycles. The Kier molecular flexibility index (Phi) is 3.90. The molecule has 1 fully saturated rings. The first-order valence-electron chi connectivity index (χ1n) is 8.95. The van der Waals surface area contributed by atoms with E-state index in [4.69, 9.17) is 4.74 Å². The second-order valence-electron chi connectivity index (χ2n) is 6.68. The molecule has 3 unspecified atom stereocenters. The Hall–Kier alpha value is -2.50. The number of nitrogens with zero attached hydrogens (tertiary/aromatic N) is 3. The van der Waals surface area contributed by atoms with Gasteiger partial charge in [-0.1, -0.05) is 0 Å². The van der Waals surface area contributed by atoms with Crippen LogP contribution in [0.4, 0.5) is 10.5 Å². The lowest BCUT2D eigenvalue weighted by molar-refractivity contribution is 0.248. The van der Waals surface area contributed by atoms with Gasteiger partial charge in [0.1, 0.15) is 5.75 Å². The molecular weight excluding hydrogens is 316 g/mol. The van der Waals surface area contributed by atoms with Gasteiger partial charge in [0.15, 0.2) is 0 Å². The van der Waals surface area contributed by atoms with Crippen molar-refractivity contribution in [2.75, 3.05) is 25.1 Å². The van der Waals surface area contributed by atoms with Gasteiger partial charge in [-0.15, -0.1) is 0 Å². The molecule has 1 aliphatic heterocycles. The van der Waals surface area contributed by atoms with Crippen molar-refractivity contribution >= 4 is 11.7 Å². The summed E-state index contributed by atoms with van der Waals surface area (Å²) in [6, 6.07) is 5.97. The Balaban J connectivity index is 1.65. The fourth-order valence-corrected chi connectivity index (χ4v) is 3.99. The Labute approximate surface area is 147 Å². The largest absolute Gasteiger partial charge is 0.493 e. The van der Waals surface area contributed by atoms with Crippen LogP contribution in [0.1, 0.15) is 36.9 Å². The summed E-state index contributed by atoms with van der Waals surface area (Å²) in [4.78, 5) is 18.4. The number of urea groups is 1. The predicted octanol–water partition coefficient (Wildman–Crippen LogP) is 2.96. The number of aryl methyl sites for hydroxylation is 1. The molecule has 4 rings (SSSR count). The maximum atomic E-state index is 12.1. The molecule has 3 atom stereocenters. The van der Waals surface area contributed by atoms with E-state index < -0.39 is 0 Å². The summed E-state index contributed by atoms with van der Waals surface area (Å²) in [5.74, 6) is 2.28. The molecule has 2 amide bonds. The number of rotatable bonds is 4. The fourth-order valence-electron chi connectivity index (χ4n) is 3.99. The van der Waals surface area contributed by atoms with E-state index in [-0.39, 0.29) is 6.03 Å². The van der Waals surface area contributed by atoms with Crippen molar-refractivity contribution in [3.63, 3.8) is 0 Å². The monoisotopic (exact) mass is 340 g/mol. The van der Waals surface area contributed by atoms with E-state index >= 15 is 0 Å². The Bertz CT molecular complexity index is 800. The topological polar surface area (TPSA) is 59.4 Å². The number of amides is 2. The second kappa shape index (κ2) is 6.10. The van der Waals surface area contributed by atoms with Crippen molar-refractivity contribution in [3.8, 4) is 5.75 Å². The summed E-state index contributed by atoms with van der Waals surface area (Å²) in [5.41, 5.74) is 3.26. The standard InChI is InChI=1S/C19H24N4O2/c1-4-22-9-15(21-11-22)18-14-10-25-16-7-6-12(8-13(16)17(14)18)23(5-2)19(24)20-3/h6-9,11,14,17-18H,4-5,10H2,1-3H3,(H,20,24). The molecule has 0 spiro atoms. The van der Waals surface area contributed by atoms with Crippen LogP contribution in [0.3, 0.4) is 0 Å². The maximum absolute atomic E-state index is 12.1. The van der Waals surface area contributed by atoms with Crippen LogP contribution in [0.5, 0.6) is 5.75 Å². The van der Waals surface area contributed by atoms with Crippen LogP contribution in [0.2, 0.25) is 0 Å².